The molecule has 6 nitrogen and oxygen atoms in total. The van der Waals surface area contributed by atoms with Crippen LogP contribution in [0.2, 0.25) is 0 Å². The van der Waals surface area contributed by atoms with Gasteiger partial charge in [-0.1, -0.05) is 6.07 Å². The van der Waals surface area contributed by atoms with E-state index in [1.807, 2.05) is 0 Å². The van der Waals surface area contributed by atoms with Crippen molar-refractivity contribution in [3.63, 3.8) is 0 Å². The van der Waals surface area contributed by atoms with Gasteiger partial charge in [-0.2, -0.15) is 0 Å². The summed E-state index contributed by atoms with van der Waals surface area (Å²) in [4.78, 5) is 27.5. The van der Waals surface area contributed by atoms with Crippen LogP contribution >= 0.6 is 0 Å². The van der Waals surface area contributed by atoms with Gasteiger partial charge in [0.1, 0.15) is 6.54 Å². The molecule has 0 radical (unpaired) electrons. The first-order chi connectivity index (χ1) is 9.06. The van der Waals surface area contributed by atoms with E-state index in [0.717, 1.165) is 0 Å². The molecule has 2 rings (SSSR count). The van der Waals surface area contributed by atoms with Crippen LogP contribution in [0.15, 0.2) is 18.2 Å². The minimum absolute atomic E-state index is 0.0345. The lowest BCUT2D eigenvalue weighted by molar-refractivity contribution is -0.119. The number of fused-ring (bicyclic) bond motifs is 1. The minimum atomic E-state index is -0.233. The molecular formula is C13H17N3O3. The van der Waals surface area contributed by atoms with Crippen LogP contribution in [-0.4, -0.2) is 50.6 Å². The fourth-order valence-electron chi connectivity index (χ4n) is 2.09. The number of nitrogens with zero attached hydrogens (tertiary/aromatic N) is 2. The fourth-order valence-corrected chi connectivity index (χ4v) is 2.09. The average molecular weight is 263 g/mol. The van der Waals surface area contributed by atoms with Crippen molar-refractivity contribution in [3.05, 3.63) is 23.8 Å². The van der Waals surface area contributed by atoms with Gasteiger partial charge in [0, 0.05) is 26.4 Å². The number of nitrogen functional groups attached to an aromatic ring is 1. The van der Waals surface area contributed by atoms with Gasteiger partial charge in [-0.15, -0.1) is 0 Å². The lowest BCUT2D eigenvalue weighted by Crippen LogP contribution is -2.39. The molecule has 0 fully saturated rings. The van der Waals surface area contributed by atoms with E-state index in [9.17, 15) is 9.59 Å². The van der Waals surface area contributed by atoms with Crippen molar-refractivity contribution in [1.82, 2.24) is 4.90 Å². The number of amides is 2. The Morgan fingerprint density at radius 1 is 1.37 bits per heavy atom. The Kier molecular flexibility index (Phi) is 3.71. The molecule has 0 atom stereocenters. The van der Waals surface area contributed by atoms with Crippen LogP contribution in [0.5, 0.6) is 0 Å². The van der Waals surface area contributed by atoms with E-state index in [2.05, 4.69) is 0 Å². The molecule has 1 aromatic carbocycles. The summed E-state index contributed by atoms with van der Waals surface area (Å²) in [5.74, 6) is -0.378. The molecule has 0 saturated carbocycles. The zero-order valence-corrected chi connectivity index (χ0v) is 11.0. The van der Waals surface area contributed by atoms with E-state index in [4.69, 9.17) is 10.5 Å². The third-order valence-corrected chi connectivity index (χ3v) is 3.20. The quantitative estimate of drug-likeness (QED) is 0.798. The van der Waals surface area contributed by atoms with Crippen molar-refractivity contribution < 1.29 is 14.3 Å². The molecule has 1 aliphatic rings. The summed E-state index contributed by atoms with van der Waals surface area (Å²) < 4.78 is 4.96. The lowest BCUT2D eigenvalue weighted by Gasteiger charge is -2.19. The normalized spacial score (nSPS) is 15.5. The Balaban J connectivity index is 2.46. The van der Waals surface area contributed by atoms with Gasteiger partial charge in [-0.05, 0) is 12.1 Å². The van der Waals surface area contributed by atoms with Crippen LogP contribution in [0, 0.1) is 0 Å². The third kappa shape index (κ3) is 2.39. The monoisotopic (exact) mass is 263 g/mol. The first kappa shape index (κ1) is 13.4. The van der Waals surface area contributed by atoms with Gasteiger partial charge >= 0.3 is 0 Å². The van der Waals surface area contributed by atoms with Gasteiger partial charge in [0.15, 0.2) is 0 Å². The molecule has 6 heteroatoms. The summed E-state index contributed by atoms with van der Waals surface area (Å²) in [6.07, 6.45) is 0. The van der Waals surface area contributed by atoms with Crippen LogP contribution in [0.4, 0.5) is 11.4 Å². The molecule has 19 heavy (non-hydrogen) atoms. The lowest BCUT2D eigenvalue weighted by atomic mass is 10.1. The summed E-state index contributed by atoms with van der Waals surface area (Å²) in [5, 5.41) is 0. The average Bonchev–Trinajstić information content (AvgIpc) is 2.48. The number of anilines is 2. The van der Waals surface area contributed by atoms with E-state index >= 15 is 0 Å². The predicted molar refractivity (Wildman–Crippen MR) is 72.0 cm³/mol. The molecule has 0 saturated heterocycles. The number of nitrogens with two attached hydrogens (primary N) is 1. The van der Waals surface area contributed by atoms with E-state index in [0.29, 0.717) is 30.1 Å². The zero-order valence-electron chi connectivity index (χ0n) is 11.0. The van der Waals surface area contributed by atoms with Gasteiger partial charge in [0.25, 0.3) is 5.91 Å². The number of ether oxygens (including phenoxy) is 1. The summed E-state index contributed by atoms with van der Waals surface area (Å²) in [6.45, 7) is 0.778. The number of likely N-dealkylation sites (N-methyl/N-ethyl adjacent to an activating group) is 1. The fraction of sp³-hybridized carbons (Fsp3) is 0.385. The predicted octanol–water partition coefficient (Wildman–Crippen LogP) is 0.334. The van der Waals surface area contributed by atoms with Gasteiger partial charge in [-0.25, -0.2) is 0 Å². The smallest absolute Gasteiger partial charge is 0.258 e. The molecule has 0 bridgehead atoms. The highest BCUT2D eigenvalue weighted by molar-refractivity contribution is 6.12. The highest BCUT2D eigenvalue weighted by Gasteiger charge is 2.30. The maximum absolute atomic E-state index is 12.5. The Labute approximate surface area is 111 Å². The second-order valence-electron chi connectivity index (χ2n) is 4.41. The molecule has 0 unspecified atom stereocenters. The topological polar surface area (TPSA) is 75.9 Å². The third-order valence-electron chi connectivity index (χ3n) is 3.20. The summed E-state index contributed by atoms with van der Waals surface area (Å²) in [6, 6.07) is 5.12. The van der Waals surface area contributed by atoms with Crippen LogP contribution < -0.4 is 10.6 Å². The van der Waals surface area contributed by atoms with E-state index < -0.39 is 0 Å². The Bertz CT molecular complexity index is 516. The number of benzene rings is 1. The van der Waals surface area contributed by atoms with Crippen LogP contribution in [0.25, 0.3) is 0 Å². The maximum Gasteiger partial charge on any atom is 0.258 e. The maximum atomic E-state index is 12.5. The molecule has 0 aliphatic carbocycles. The van der Waals surface area contributed by atoms with Gasteiger partial charge < -0.3 is 20.3 Å². The van der Waals surface area contributed by atoms with Gasteiger partial charge in [-0.3, -0.25) is 9.59 Å². The van der Waals surface area contributed by atoms with Crippen LogP contribution in [-0.2, 0) is 9.53 Å². The van der Waals surface area contributed by atoms with Crippen molar-refractivity contribution in [3.8, 4) is 0 Å². The largest absolute Gasteiger partial charge is 0.398 e. The number of carbonyl (C=O) groups is 2. The summed E-state index contributed by atoms with van der Waals surface area (Å²) >= 11 is 0. The molecular weight excluding hydrogens is 246 g/mol. The Morgan fingerprint density at radius 3 is 2.79 bits per heavy atom. The first-order valence-electron chi connectivity index (χ1n) is 5.99. The molecule has 1 aliphatic heterocycles. The number of methoxy groups -OCH3 is 1. The second-order valence-corrected chi connectivity index (χ2v) is 4.41. The molecule has 1 heterocycles. The molecule has 2 amide bonds. The summed E-state index contributed by atoms with van der Waals surface area (Å²) in [7, 11) is 3.20. The van der Waals surface area contributed by atoms with E-state index in [-0.39, 0.29) is 18.4 Å². The highest BCUT2D eigenvalue weighted by Crippen LogP contribution is 2.29. The number of rotatable bonds is 3. The van der Waals surface area contributed by atoms with Crippen molar-refractivity contribution in [2.24, 2.45) is 0 Å². The van der Waals surface area contributed by atoms with Gasteiger partial charge in [0.2, 0.25) is 5.91 Å². The molecule has 1 aromatic rings. The summed E-state index contributed by atoms with van der Waals surface area (Å²) in [5.41, 5.74) is 7.20. The van der Waals surface area contributed by atoms with Gasteiger partial charge in [0.05, 0.1) is 17.9 Å². The van der Waals surface area contributed by atoms with Crippen molar-refractivity contribution in [1.29, 1.82) is 0 Å². The standard InChI is InChI=1S/C13H17N3O3/c1-15-10-5-3-4-9(14)12(10)13(18)16(6-7-19-2)8-11(15)17/h3-5H,6-8,14H2,1-2H3. The molecule has 0 aromatic heterocycles. The number of carbonyl (C=O) groups excluding carboxylic acids is 2. The van der Waals surface area contributed by atoms with E-state index in [1.54, 1.807) is 32.4 Å². The van der Waals surface area contributed by atoms with Crippen LogP contribution in [0.1, 0.15) is 10.4 Å². The number of hydrogen-bond donors (Lipinski definition) is 1. The first-order valence-corrected chi connectivity index (χ1v) is 5.99. The molecule has 0 spiro atoms. The zero-order chi connectivity index (χ0) is 14.0. The van der Waals surface area contributed by atoms with Crippen molar-refractivity contribution in [2.45, 2.75) is 0 Å². The minimum Gasteiger partial charge on any atom is -0.398 e. The van der Waals surface area contributed by atoms with Crippen molar-refractivity contribution >= 4 is 23.2 Å². The van der Waals surface area contributed by atoms with Crippen molar-refractivity contribution in [2.75, 3.05) is 44.5 Å². The Hall–Kier alpha value is -2.08. The Morgan fingerprint density at radius 2 is 2.11 bits per heavy atom. The molecule has 102 valence electrons. The SMILES string of the molecule is COCCN1CC(=O)N(C)c2cccc(N)c2C1=O. The van der Waals surface area contributed by atoms with Crippen LogP contribution in [0.3, 0.4) is 0 Å². The number of hydrogen-bond acceptors (Lipinski definition) is 4. The molecule has 2 N–H and O–H groups in total. The highest BCUT2D eigenvalue weighted by atomic mass is 16.5. The second kappa shape index (κ2) is 5.27. The van der Waals surface area contributed by atoms with E-state index in [1.165, 1.54) is 9.80 Å².